The summed E-state index contributed by atoms with van der Waals surface area (Å²) in [6.45, 7) is 2.59. The minimum Gasteiger partial charge on any atom is -0.485 e. The first kappa shape index (κ1) is 19.7. The molecular weight excluding hydrogens is 358 g/mol. The Kier molecular flexibility index (Phi) is 6.53. The number of amides is 1. The smallest absolute Gasteiger partial charge is 0.308 e. The molecule has 1 aliphatic heterocycles. The number of para-hydroxylation sites is 2. The van der Waals surface area contributed by atoms with Gasteiger partial charge in [-0.1, -0.05) is 42.5 Å². The lowest BCUT2D eigenvalue weighted by Gasteiger charge is -2.37. The summed E-state index contributed by atoms with van der Waals surface area (Å²) in [6.07, 6.45) is 1.28. The number of carboxylic acid groups (broad SMARTS) is 1. The minimum absolute atomic E-state index is 0.150. The van der Waals surface area contributed by atoms with Gasteiger partial charge in [0, 0.05) is 12.6 Å². The zero-order chi connectivity index (χ0) is 19.9. The van der Waals surface area contributed by atoms with Crippen LogP contribution in [0.2, 0.25) is 0 Å². The van der Waals surface area contributed by atoms with Gasteiger partial charge in [-0.15, -0.1) is 0 Å². The molecule has 2 aromatic carbocycles. The second-order valence-corrected chi connectivity index (χ2v) is 6.92. The topological polar surface area (TPSA) is 76.1 Å². The molecule has 0 unspecified atom stereocenters. The number of carbonyl (C=O) groups excluding carboxylic acids is 1. The molecule has 0 aliphatic carbocycles. The molecule has 2 atom stereocenters. The number of piperidine rings is 1. The maximum absolute atomic E-state index is 12.6. The molecule has 1 fully saturated rings. The van der Waals surface area contributed by atoms with Crippen molar-refractivity contribution < 1.29 is 24.2 Å². The lowest BCUT2D eigenvalue weighted by Crippen LogP contribution is -2.50. The summed E-state index contributed by atoms with van der Waals surface area (Å²) >= 11 is 0. The van der Waals surface area contributed by atoms with Gasteiger partial charge in [-0.2, -0.15) is 0 Å². The number of hydrogen-bond acceptors (Lipinski definition) is 4. The van der Waals surface area contributed by atoms with Gasteiger partial charge in [0.1, 0.15) is 6.61 Å². The third kappa shape index (κ3) is 4.82. The maximum Gasteiger partial charge on any atom is 0.308 e. The van der Waals surface area contributed by atoms with Crippen molar-refractivity contribution in [1.82, 2.24) is 4.90 Å². The molecule has 1 N–H and O–H groups in total. The van der Waals surface area contributed by atoms with Crippen LogP contribution < -0.4 is 9.47 Å². The molecule has 148 valence electrons. The predicted octanol–water partition coefficient (Wildman–Crippen LogP) is 3.36. The van der Waals surface area contributed by atoms with Gasteiger partial charge < -0.3 is 19.5 Å². The molecule has 1 amide bonds. The van der Waals surface area contributed by atoms with Crippen LogP contribution in [0.4, 0.5) is 0 Å². The summed E-state index contributed by atoms with van der Waals surface area (Å²) in [5.74, 6) is -0.540. The van der Waals surface area contributed by atoms with Gasteiger partial charge in [0.2, 0.25) is 0 Å². The average molecular weight is 383 g/mol. The molecule has 2 aromatic rings. The summed E-state index contributed by atoms with van der Waals surface area (Å²) < 4.78 is 11.6. The number of aliphatic carboxylic acids is 1. The largest absolute Gasteiger partial charge is 0.485 e. The van der Waals surface area contributed by atoms with Crippen LogP contribution in [0.25, 0.3) is 0 Å². The number of ether oxygens (including phenoxy) is 2. The van der Waals surface area contributed by atoms with Gasteiger partial charge in [-0.3, -0.25) is 9.59 Å². The monoisotopic (exact) mass is 383 g/mol. The van der Waals surface area contributed by atoms with Crippen LogP contribution in [0.15, 0.2) is 54.6 Å². The normalized spacial score (nSPS) is 19.1. The fourth-order valence-corrected chi connectivity index (χ4v) is 3.47. The molecule has 0 spiro atoms. The van der Waals surface area contributed by atoms with E-state index in [0.717, 1.165) is 5.56 Å². The molecule has 28 heavy (non-hydrogen) atoms. The highest BCUT2D eigenvalue weighted by molar-refractivity contribution is 5.80. The molecule has 0 saturated carbocycles. The lowest BCUT2D eigenvalue weighted by atomic mass is 9.90. The molecule has 0 bridgehead atoms. The molecule has 1 aliphatic rings. The van der Waals surface area contributed by atoms with Gasteiger partial charge in [-0.25, -0.2) is 0 Å². The van der Waals surface area contributed by atoms with Crippen molar-refractivity contribution in [3.05, 3.63) is 60.2 Å². The van der Waals surface area contributed by atoms with E-state index in [1.54, 1.807) is 24.0 Å². The fourth-order valence-electron chi connectivity index (χ4n) is 3.47. The number of carbonyl (C=O) groups is 2. The van der Waals surface area contributed by atoms with Crippen molar-refractivity contribution in [2.45, 2.75) is 32.4 Å². The first-order chi connectivity index (χ1) is 13.6. The van der Waals surface area contributed by atoms with E-state index in [1.807, 2.05) is 42.5 Å². The van der Waals surface area contributed by atoms with E-state index in [1.165, 1.54) is 0 Å². The third-order valence-electron chi connectivity index (χ3n) is 5.06. The second kappa shape index (κ2) is 9.26. The molecule has 6 heteroatoms. The van der Waals surface area contributed by atoms with Crippen molar-refractivity contribution in [2.24, 2.45) is 5.92 Å². The number of rotatable bonds is 7. The van der Waals surface area contributed by atoms with Crippen molar-refractivity contribution in [3.63, 3.8) is 0 Å². The highest BCUT2D eigenvalue weighted by Crippen LogP contribution is 2.28. The predicted molar refractivity (Wildman–Crippen MR) is 104 cm³/mol. The highest BCUT2D eigenvalue weighted by atomic mass is 16.5. The first-order valence-electron chi connectivity index (χ1n) is 9.47. The zero-order valence-corrected chi connectivity index (χ0v) is 15.9. The second-order valence-electron chi connectivity index (χ2n) is 6.92. The van der Waals surface area contributed by atoms with Gasteiger partial charge in [-0.05, 0) is 37.5 Å². The highest BCUT2D eigenvalue weighted by Gasteiger charge is 2.35. The number of hydrogen-bond donors (Lipinski definition) is 1. The Balaban J connectivity index is 1.59. The molecular formula is C22H25NO5. The summed E-state index contributed by atoms with van der Waals surface area (Å²) in [5, 5.41) is 9.32. The summed E-state index contributed by atoms with van der Waals surface area (Å²) in [4.78, 5) is 25.6. The number of benzene rings is 2. The van der Waals surface area contributed by atoms with Crippen LogP contribution in [0.1, 0.15) is 25.3 Å². The molecule has 0 aromatic heterocycles. The summed E-state index contributed by atoms with van der Waals surface area (Å²) in [7, 11) is 0. The van der Waals surface area contributed by atoms with E-state index in [2.05, 4.69) is 0 Å². The van der Waals surface area contributed by atoms with E-state index >= 15 is 0 Å². The quantitative estimate of drug-likeness (QED) is 0.793. The van der Waals surface area contributed by atoms with Crippen LogP contribution in [0.3, 0.4) is 0 Å². The van der Waals surface area contributed by atoms with Crippen LogP contribution in [0, 0.1) is 5.92 Å². The van der Waals surface area contributed by atoms with Gasteiger partial charge >= 0.3 is 5.97 Å². The average Bonchev–Trinajstić information content (AvgIpc) is 2.71. The van der Waals surface area contributed by atoms with Gasteiger partial charge in [0.05, 0.1) is 5.92 Å². The maximum atomic E-state index is 12.6. The molecule has 6 nitrogen and oxygen atoms in total. The SMILES string of the molecule is C[C@@H]1[C@H](C(=O)O)CCCN1C(=O)COc1ccccc1OCc1ccccc1. The Bertz CT molecular complexity index is 808. The minimum atomic E-state index is -0.856. The van der Waals surface area contributed by atoms with E-state index in [9.17, 15) is 14.7 Å². The van der Waals surface area contributed by atoms with E-state index in [-0.39, 0.29) is 18.6 Å². The van der Waals surface area contributed by atoms with Crippen molar-refractivity contribution >= 4 is 11.9 Å². The Morgan fingerprint density at radius 2 is 1.68 bits per heavy atom. The number of carboxylic acids is 1. The first-order valence-corrected chi connectivity index (χ1v) is 9.47. The van der Waals surface area contributed by atoms with E-state index in [4.69, 9.17) is 9.47 Å². The van der Waals surface area contributed by atoms with E-state index < -0.39 is 11.9 Å². The lowest BCUT2D eigenvalue weighted by molar-refractivity contribution is -0.149. The van der Waals surface area contributed by atoms with Gasteiger partial charge in [0.15, 0.2) is 18.1 Å². The number of likely N-dealkylation sites (tertiary alicyclic amines) is 1. The molecule has 1 saturated heterocycles. The van der Waals surface area contributed by atoms with Crippen LogP contribution in [-0.2, 0) is 16.2 Å². The van der Waals surface area contributed by atoms with E-state index in [0.29, 0.717) is 37.5 Å². The Morgan fingerprint density at radius 3 is 2.36 bits per heavy atom. The standard InChI is InChI=1S/C22H25NO5/c1-16-18(22(25)26)10-7-13-23(16)21(24)15-28-20-12-6-5-11-19(20)27-14-17-8-3-2-4-9-17/h2-6,8-9,11-12,16,18H,7,10,13-15H2,1H3,(H,25,26)/t16-,18-/m1/s1. The van der Waals surface area contributed by atoms with Crippen molar-refractivity contribution in [2.75, 3.05) is 13.2 Å². The van der Waals surface area contributed by atoms with Crippen LogP contribution >= 0.6 is 0 Å². The Morgan fingerprint density at radius 1 is 1.04 bits per heavy atom. The van der Waals surface area contributed by atoms with Crippen molar-refractivity contribution in [3.8, 4) is 11.5 Å². The summed E-state index contributed by atoms with van der Waals surface area (Å²) in [6, 6.07) is 16.7. The third-order valence-corrected chi connectivity index (χ3v) is 5.06. The van der Waals surface area contributed by atoms with Crippen LogP contribution in [-0.4, -0.2) is 41.1 Å². The number of nitrogens with zero attached hydrogens (tertiary/aromatic N) is 1. The zero-order valence-electron chi connectivity index (χ0n) is 15.9. The Labute approximate surface area is 164 Å². The molecule has 1 heterocycles. The molecule has 3 rings (SSSR count). The van der Waals surface area contributed by atoms with Crippen molar-refractivity contribution in [1.29, 1.82) is 0 Å². The van der Waals surface area contributed by atoms with Crippen LogP contribution in [0.5, 0.6) is 11.5 Å². The Hall–Kier alpha value is -3.02. The summed E-state index contributed by atoms with van der Waals surface area (Å²) in [5.41, 5.74) is 1.04. The fraction of sp³-hybridized carbons (Fsp3) is 0.364. The molecule has 0 radical (unpaired) electrons. The van der Waals surface area contributed by atoms with Gasteiger partial charge in [0.25, 0.3) is 5.91 Å².